The zero-order valence-corrected chi connectivity index (χ0v) is 17.0. The molecule has 2 aromatic rings. The first-order valence-electron chi connectivity index (χ1n) is 9.99. The summed E-state index contributed by atoms with van der Waals surface area (Å²) < 4.78 is 17.2. The van der Waals surface area contributed by atoms with Crippen LogP contribution in [-0.4, -0.2) is 61.8 Å². The quantitative estimate of drug-likeness (QED) is 0.734. The van der Waals surface area contributed by atoms with Crippen molar-refractivity contribution >= 4 is 29.1 Å². The molecule has 0 unspecified atom stereocenters. The standard InChI is InChI=1S/C22H21ClN2O5/c23-15-5-6-17-14(11-15)12-19(29-17)22(27)25-13-20(21(26)24-7-9-28-10-8-24)30-18-4-2-1-3-16(18)25/h1-6,11,19-20H,7-10,12-13H2/t19-,20+/m1/s1. The predicted molar refractivity (Wildman–Crippen MR) is 110 cm³/mol. The summed E-state index contributed by atoms with van der Waals surface area (Å²) in [7, 11) is 0. The Kier molecular flexibility index (Phi) is 5.00. The average Bonchev–Trinajstić information content (AvgIpc) is 3.21. The summed E-state index contributed by atoms with van der Waals surface area (Å²) in [5, 5.41) is 0.610. The molecule has 0 aromatic heterocycles. The van der Waals surface area contributed by atoms with Gasteiger partial charge in [0.25, 0.3) is 11.8 Å². The minimum atomic E-state index is -0.764. The molecular weight excluding hydrogens is 408 g/mol. The molecule has 0 aliphatic carbocycles. The number of anilines is 1. The Hall–Kier alpha value is -2.77. The first kappa shape index (κ1) is 19.2. The lowest BCUT2D eigenvalue weighted by molar-refractivity contribution is -0.143. The van der Waals surface area contributed by atoms with Crippen LogP contribution in [0, 0.1) is 0 Å². The van der Waals surface area contributed by atoms with Gasteiger partial charge in [0.2, 0.25) is 0 Å². The third kappa shape index (κ3) is 3.48. The van der Waals surface area contributed by atoms with Crippen LogP contribution in [-0.2, 0) is 20.7 Å². The van der Waals surface area contributed by atoms with Crippen molar-refractivity contribution in [3.63, 3.8) is 0 Å². The first-order chi connectivity index (χ1) is 14.6. The average molecular weight is 429 g/mol. The number of carbonyl (C=O) groups is 2. The van der Waals surface area contributed by atoms with Crippen molar-refractivity contribution in [3.8, 4) is 11.5 Å². The van der Waals surface area contributed by atoms with Gasteiger partial charge in [-0.05, 0) is 35.9 Å². The molecule has 3 aliphatic rings. The summed E-state index contributed by atoms with van der Waals surface area (Å²) in [5.74, 6) is 0.855. The third-order valence-electron chi connectivity index (χ3n) is 5.61. The second-order valence-electron chi connectivity index (χ2n) is 7.52. The lowest BCUT2D eigenvalue weighted by atomic mass is 10.1. The van der Waals surface area contributed by atoms with Crippen LogP contribution in [0.25, 0.3) is 0 Å². The molecule has 7 nitrogen and oxygen atoms in total. The van der Waals surface area contributed by atoms with Gasteiger partial charge in [-0.3, -0.25) is 9.59 Å². The number of carbonyl (C=O) groups excluding carboxylic acids is 2. The lowest BCUT2D eigenvalue weighted by Gasteiger charge is -2.37. The Morgan fingerprint density at radius 3 is 2.53 bits per heavy atom. The summed E-state index contributed by atoms with van der Waals surface area (Å²) in [6, 6.07) is 12.6. The van der Waals surface area contributed by atoms with Crippen molar-refractivity contribution in [2.75, 3.05) is 37.7 Å². The van der Waals surface area contributed by atoms with Crippen molar-refractivity contribution in [2.24, 2.45) is 0 Å². The highest BCUT2D eigenvalue weighted by Crippen LogP contribution is 2.37. The van der Waals surface area contributed by atoms with Crippen LogP contribution in [0.4, 0.5) is 5.69 Å². The van der Waals surface area contributed by atoms with Crippen molar-refractivity contribution in [1.82, 2.24) is 4.90 Å². The van der Waals surface area contributed by atoms with E-state index in [2.05, 4.69) is 0 Å². The molecule has 8 heteroatoms. The van der Waals surface area contributed by atoms with Gasteiger partial charge < -0.3 is 24.0 Å². The molecule has 2 aromatic carbocycles. The molecule has 0 N–H and O–H groups in total. The monoisotopic (exact) mass is 428 g/mol. The summed E-state index contributed by atoms with van der Waals surface area (Å²) in [6.07, 6.45) is -0.986. The van der Waals surface area contributed by atoms with E-state index in [1.807, 2.05) is 24.3 Å². The second-order valence-corrected chi connectivity index (χ2v) is 7.96. The number of ether oxygens (including phenoxy) is 3. The molecule has 0 bridgehead atoms. The van der Waals surface area contributed by atoms with Gasteiger partial charge in [-0.15, -0.1) is 0 Å². The van der Waals surface area contributed by atoms with Gasteiger partial charge in [0.15, 0.2) is 12.2 Å². The number of halogens is 1. The van der Waals surface area contributed by atoms with Gasteiger partial charge in [0, 0.05) is 24.5 Å². The number of rotatable bonds is 2. The number of hydrogen-bond donors (Lipinski definition) is 0. The smallest absolute Gasteiger partial charge is 0.268 e. The summed E-state index contributed by atoms with van der Waals surface area (Å²) in [5.41, 5.74) is 1.55. The summed E-state index contributed by atoms with van der Waals surface area (Å²) >= 11 is 6.08. The predicted octanol–water partition coefficient (Wildman–Crippen LogP) is 2.30. The van der Waals surface area contributed by atoms with E-state index in [9.17, 15) is 9.59 Å². The topological polar surface area (TPSA) is 68.3 Å². The van der Waals surface area contributed by atoms with E-state index in [-0.39, 0.29) is 18.4 Å². The summed E-state index contributed by atoms with van der Waals surface area (Å²) in [4.78, 5) is 29.8. The molecule has 3 heterocycles. The van der Waals surface area contributed by atoms with Gasteiger partial charge in [-0.25, -0.2) is 0 Å². The number of benzene rings is 2. The molecule has 156 valence electrons. The molecule has 0 spiro atoms. The fourth-order valence-electron chi connectivity index (χ4n) is 4.09. The molecule has 0 radical (unpaired) electrons. The van der Waals surface area contributed by atoms with Crippen LogP contribution >= 0.6 is 11.6 Å². The lowest BCUT2D eigenvalue weighted by Crippen LogP contribution is -2.55. The molecule has 0 saturated carbocycles. The van der Waals surface area contributed by atoms with Crippen molar-refractivity contribution in [3.05, 3.63) is 53.1 Å². The highest BCUT2D eigenvalue weighted by atomic mass is 35.5. The van der Waals surface area contributed by atoms with E-state index in [4.69, 9.17) is 25.8 Å². The van der Waals surface area contributed by atoms with Gasteiger partial charge in [0.1, 0.15) is 11.5 Å². The van der Waals surface area contributed by atoms with Crippen molar-refractivity contribution in [1.29, 1.82) is 0 Å². The fraction of sp³-hybridized carbons (Fsp3) is 0.364. The Balaban J connectivity index is 1.39. The van der Waals surface area contributed by atoms with E-state index >= 15 is 0 Å². The number of para-hydroxylation sites is 2. The minimum Gasteiger partial charge on any atom is -0.480 e. The Labute approximate surface area is 179 Å². The van der Waals surface area contributed by atoms with Crippen LogP contribution < -0.4 is 14.4 Å². The molecular formula is C22H21ClN2O5. The maximum Gasteiger partial charge on any atom is 0.268 e. The van der Waals surface area contributed by atoms with Crippen molar-refractivity contribution < 1.29 is 23.8 Å². The normalized spacial score (nSPS) is 22.6. The number of hydrogen-bond acceptors (Lipinski definition) is 5. The van der Waals surface area contributed by atoms with E-state index in [1.165, 1.54) is 0 Å². The molecule has 2 amide bonds. The fourth-order valence-corrected chi connectivity index (χ4v) is 4.28. The molecule has 3 aliphatic heterocycles. The minimum absolute atomic E-state index is 0.131. The SMILES string of the molecule is O=C([C@@H]1CN(C(=O)[C@H]2Cc3cc(Cl)ccc3O2)c2ccccc2O1)N1CCOCC1. The van der Waals surface area contributed by atoms with Gasteiger partial charge >= 0.3 is 0 Å². The van der Waals surface area contributed by atoms with Crippen LogP contribution in [0.5, 0.6) is 11.5 Å². The number of fused-ring (bicyclic) bond motifs is 2. The molecule has 1 fully saturated rings. The van der Waals surface area contributed by atoms with E-state index in [1.54, 1.807) is 28.0 Å². The van der Waals surface area contributed by atoms with Crippen LogP contribution in [0.3, 0.4) is 0 Å². The van der Waals surface area contributed by atoms with Crippen molar-refractivity contribution in [2.45, 2.75) is 18.6 Å². The van der Waals surface area contributed by atoms with Crippen LogP contribution in [0.2, 0.25) is 5.02 Å². The third-order valence-corrected chi connectivity index (χ3v) is 5.85. The van der Waals surface area contributed by atoms with E-state index in [0.717, 1.165) is 5.56 Å². The van der Waals surface area contributed by atoms with Gasteiger partial charge in [0.05, 0.1) is 25.4 Å². The van der Waals surface area contributed by atoms with Crippen LogP contribution in [0.1, 0.15) is 5.56 Å². The molecule has 5 rings (SSSR count). The maximum atomic E-state index is 13.4. The highest BCUT2D eigenvalue weighted by molar-refractivity contribution is 6.30. The van der Waals surface area contributed by atoms with Crippen LogP contribution in [0.15, 0.2) is 42.5 Å². The number of nitrogens with zero attached hydrogens (tertiary/aromatic N) is 2. The number of amides is 2. The molecule has 2 atom stereocenters. The van der Waals surface area contributed by atoms with E-state index in [0.29, 0.717) is 54.9 Å². The van der Waals surface area contributed by atoms with E-state index < -0.39 is 12.2 Å². The number of morpholine rings is 1. The largest absolute Gasteiger partial charge is 0.480 e. The highest BCUT2D eigenvalue weighted by Gasteiger charge is 2.40. The van der Waals surface area contributed by atoms with Gasteiger partial charge in [-0.2, -0.15) is 0 Å². The second kappa shape index (κ2) is 7.81. The molecule has 1 saturated heterocycles. The first-order valence-corrected chi connectivity index (χ1v) is 10.4. The Morgan fingerprint density at radius 1 is 0.933 bits per heavy atom. The molecule has 30 heavy (non-hydrogen) atoms. The van der Waals surface area contributed by atoms with Gasteiger partial charge in [-0.1, -0.05) is 23.7 Å². The Morgan fingerprint density at radius 2 is 1.70 bits per heavy atom. The summed E-state index contributed by atoms with van der Waals surface area (Å²) in [6.45, 7) is 2.21. The Bertz CT molecular complexity index is 991. The maximum absolute atomic E-state index is 13.4. The zero-order valence-electron chi connectivity index (χ0n) is 16.3. The zero-order chi connectivity index (χ0) is 20.7.